The van der Waals surface area contributed by atoms with E-state index in [-0.39, 0.29) is 16.8 Å². The van der Waals surface area contributed by atoms with Crippen molar-refractivity contribution in [1.82, 2.24) is 9.62 Å². The lowest BCUT2D eigenvalue weighted by atomic mass is 10.2. The van der Waals surface area contributed by atoms with Crippen LogP contribution in [0.15, 0.2) is 46.7 Å². The van der Waals surface area contributed by atoms with E-state index >= 15 is 0 Å². The molecule has 7 heteroatoms. The summed E-state index contributed by atoms with van der Waals surface area (Å²) in [6.07, 6.45) is 3.87. The molecular weight excluding hydrogens is 368 g/mol. The number of carbonyl (C=O) groups excluding carboxylic acids is 1. The Morgan fingerprint density at radius 2 is 2.00 bits per heavy atom. The number of rotatable bonds is 7. The van der Waals surface area contributed by atoms with Crippen LogP contribution < -0.4 is 4.72 Å². The number of amides is 1. The van der Waals surface area contributed by atoms with Gasteiger partial charge in [-0.05, 0) is 49.4 Å². The van der Waals surface area contributed by atoms with Gasteiger partial charge in [0.05, 0.1) is 11.4 Å². The Morgan fingerprint density at radius 3 is 2.65 bits per heavy atom. The molecule has 1 aliphatic rings. The molecule has 1 saturated carbocycles. The largest absolute Gasteiger partial charge is 0.334 e. The number of carbonyl (C=O) groups is 1. The number of sulfonamides is 1. The summed E-state index contributed by atoms with van der Waals surface area (Å²) >= 11 is 1.60. The van der Waals surface area contributed by atoms with Gasteiger partial charge in [0, 0.05) is 23.0 Å². The molecule has 1 heterocycles. The molecule has 26 heavy (non-hydrogen) atoms. The quantitative estimate of drug-likeness (QED) is 0.782. The van der Waals surface area contributed by atoms with Gasteiger partial charge in [-0.3, -0.25) is 4.79 Å². The highest BCUT2D eigenvalue weighted by molar-refractivity contribution is 7.89. The fourth-order valence-electron chi connectivity index (χ4n) is 3.23. The number of thiophene rings is 1. The van der Waals surface area contributed by atoms with Crippen molar-refractivity contribution in [2.45, 2.75) is 50.1 Å². The Morgan fingerprint density at radius 1 is 1.23 bits per heavy atom. The molecule has 3 rings (SSSR count). The number of nitrogens with zero attached hydrogens (tertiary/aromatic N) is 1. The van der Waals surface area contributed by atoms with E-state index in [1.54, 1.807) is 34.4 Å². The van der Waals surface area contributed by atoms with Gasteiger partial charge in [-0.2, -0.15) is 0 Å². The molecule has 2 aromatic rings. The first-order valence-corrected chi connectivity index (χ1v) is 11.3. The van der Waals surface area contributed by atoms with Crippen molar-refractivity contribution in [3.8, 4) is 0 Å². The summed E-state index contributed by atoms with van der Waals surface area (Å²) in [5.74, 6) is -0.154. The first-order valence-electron chi connectivity index (χ1n) is 8.93. The first-order chi connectivity index (χ1) is 12.5. The molecule has 0 aliphatic heterocycles. The third-order valence-corrected chi connectivity index (χ3v) is 7.04. The van der Waals surface area contributed by atoms with Gasteiger partial charge in [-0.25, -0.2) is 13.1 Å². The Kier molecular flexibility index (Phi) is 6.11. The zero-order chi connectivity index (χ0) is 18.6. The second-order valence-electron chi connectivity index (χ2n) is 6.53. The van der Waals surface area contributed by atoms with Crippen LogP contribution in [0.5, 0.6) is 0 Å². The van der Waals surface area contributed by atoms with E-state index < -0.39 is 10.0 Å². The van der Waals surface area contributed by atoms with Crippen LogP contribution in [0.1, 0.15) is 47.8 Å². The SMILES string of the molecule is CCN(Cc1cccs1)C(=O)c1cccc(S(=O)(=O)NC2CCCC2)c1. The Labute approximate surface area is 159 Å². The molecule has 0 bridgehead atoms. The van der Waals surface area contributed by atoms with Crippen molar-refractivity contribution in [2.24, 2.45) is 0 Å². The molecule has 0 saturated heterocycles. The molecule has 1 aromatic carbocycles. The molecule has 1 amide bonds. The van der Waals surface area contributed by atoms with Gasteiger partial charge >= 0.3 is 0 Å². The van der Waals surface area contributed by atoms with Crippen molar-refractivity contribution in [1.29, 1.82) is 0 Å². The average molecular weight is 393 g/mol. The summed E-state index contributed by atoms with van der Waals surface area (Å²) in [6, 6.07) is 10.3. The smallest absolute Gasteiger partial charge is 0.254 e. The van der Waals surface area contributed by atoms with E-state index in [9.17, 15) is 13.2 Å². The lowest BCUT2D eigenvalue weighted by Gasteiger charge is -2.20. The molecule has 0 radical (unpaired) electrons. The second-order valence-corrected chi connectivity index (χ2v) is 9.28. The van der Waals surface area contributed by atoms with Gasteiger partial charge in [0.1, 0.15) is 0 Å². The normalized spacial score (nSPS) is 15.3. The first kappa shape index (κ1) is 19.1. The van der Waals surface area contributed by atoms with Crippen LogP contribution in [0.4, 0.5) is 0 Å². The maximum atomic E-state index is 12.8. The summed E-state index contributed by atoms with van der Waals surface area (Å²) in [4.78, 5) is 15.8. The minimum atomic E-state index is -3.60. The van der Waals surface area contributed by atoms with E-state index in [1.165, 1.54) is 6.07 Å². The Bertz CT molecular complexity index is 841. The summed E-state index contributed by atoms with van der Waals surface area (Å²) < 4.78 is 28.0. The van der Waals surface area contributed by atoms with Crippen LogP contribution in [-0.2, 0) is 16.6 Å². The number of hydrogen-bond donors (Lipinski definition) is 1. The zero-order valence-corrected chi connectivity index (χ0v) is 16.5. The lowest BCUT2D eigenvalue weighted by Crippen LogP contribution is -2.33. The number of hydrogen-bond acceptors (Lipinski definition) is 4. The molecule has 1 aliphatic carbocycles. The highest BCUT2D eigenvalue weighted by Gasteiger charge is 2.24. The third-order valence-electron chi connectivity index (χ3n) is 4.66. The Balaban J connectivity index is 1.77. The van der Waals surface area contributed by atoms with Gasteiger partial charge in [0.15, 0.2) is 0 Å². The summed E-state index contributed by atoms with van der Waals surface area (Å²) in [5, 5.41) is 1.98. The minimum absolute atomic E-state index is 0.00493. The van der Waals surface area contributed by atoms with Gasteiger partial charge in [-0.15, -0.1) is 11.3 Å². The van der Waals surface area contributed by atoms with Crippen LogP contribution in [0.25, 0.3) is 0 Å². The molecule has 0 atom stereocenters. The zero-order valence-electron chi connectivity index (χ0n) is 14.8. The van der Waals surface area contributed by atoms with Crippen molar-refractivity contribution in [3.05, 3.63) is 52.2 Å². The maximum Gasteiger partial charge on any atom is 0.254 e. The van der Waals surface area contributed by atoms with E-state index in [0.29, 0.717) is 18.7 Å². The van der Waals surface area contributed by atoms with Crippen LogP contribution in [-0.4, -0.2) is 31.8 Å². The van der Waals surface area contributed by atoms with Gasteiger partial charge in [0.2, 0.25) is 10.0 Å². The molecular formula is C19H24N2O3S2. The topological polar surface area (TPSA) is 66.5 Å². The van der Waals surface area contributed by atoms with Gasteiger partial charge in [-0.1, -0.05) is 25.0 Å². The highest BCUT2D eigenvalue weighted by Crippen LogP contribution is 2.21. The fraction of sp³-hybridized carbons (Fsp3) is 0.421. The molecule has 140 valence electrons. The highest BCUT2D eigenvalue weighted by atomic mass is 32.2. The molecule has 1 N–H and O–H groups in total. The standard InChI is InChI=1S/C19H24N2O3S2/c1-2-21(14-17-10-6-12-25-17)19(22)15-7-5-11-18(13-15)26(23,24)20-16-8-3-4-9-16/h5-7,10-13,16,20H,2-4,8-9,14H2,1H3. The van der Waals surface area contributed by atoms with E-state index in [4.69, 9.17) is 0 Å². The predicted octanol–water partition coefficient (Wildman–Crippen LogP) is 3.63. The summed E-state index contributed by atoms with van der Waals surface area (Å²) in [5.41, 5.74) is 0.401. The molecule has 5 nitrogen and oxygen atoms in total. The van der Waals surface area contributed by atoms with Gasteiger partial charge in [0.25, 0.3) is 5.91 Å². The predicted molar refractivity (Wildman–Crippen MR) is 104 cm³/mol. The molecule has 1 fully saturated rings. The van der Waals surface area contributed by atoms with Crippen LogP contribution in [0.2, 0.25) is 0 Å². The lowest BCUT2D eigenvalue weighted by molar-refractivity contribution is 0.0754. The summed E-state index contributed by atoms with van der Waals surface area (Å²) in [6.45, 7) is 3.02. The number of nitrogens with one attached hydrogen (secondary N) is 1. The molecule has 0 spiro atoms. The van der Waals surface area contributed by atoms with Crippen molar-refractivity contribution in [2.75, 3.05) is 6.54 Å². The van der Waals surface area contributed by atoms with Crippen LogP contribution in [0, 0.1) is 0 Å². The molecule has 0 unspecified atom stereocenters. The fourth-order valence-corrected chi connectivity index (χ4v) is 5.30. The van der Waals surface area contributed by atoms with E-state index in [0.717, 1.165) is 30.6 Å². The van der Waals surface area contributed by atoms with Crippen molar-refractivity contribution < 1.29 is 13.2 Å². The number of benzene rings is 1. The van der Waals surface area contributed by atoms with E-state index in [1.807, 2.05) is 24.4 Å². The monoisotopic (exact) mass is 392 g/mol. The minimum Gasteiger partial charge on any atom is -0.334 e. The second kappa shape index (κ2) is 8.33. The molecule has 1 aromatic heterocycles. The van der Waals surface area contributed by atoms with Gasteiger partial charge < -0.3 is 4.90 Å². The van der Waals surface area contributed by atoms with Crippen LogP contribution >= 0.6 is 11.3 Å². The van der Waals surface area contributed by atoms with Crippen molar-refractivity contribution in [3.63, 3.8) is 0 Å². The average Bonchev–Trinajstić information content (AvgIpc) is 3.33. The Hall–Kier alpha value is -1.70. The maximum absolute atomic E-state index is 12.8. The third kappa shape index (κ3) is 4.52. The van der Waals surface area contributed by atoms with E-state index in [2.05, 4.69) is 4.72 Å². The van der Waals surface area contributed by atoms with Crippen molar-refractivity contribution >= 4 is 27.3 Å². The summed E-state index contributed by atoms with van der Waals surface area (Å²) in [7, 11) is -3.60. The van der Waals surface area contributed by atoms with Crippen LogP contribution in [0.3, 0.4) is 0 Å².